The highest BCUT2D eigenvalue weighted by atomic mass is 16.3. The lowest BCUT2D eigenvalue weighted by molar-refractivity contribution is 0.104. The van der Waals surface area contributed by atoms with Gasteiger partial charge < -0.3 is 5.11 Å². The largest absolute Gasteiger partial charge is 0.392 e. The van der Waals surface area contributed by atoms with E-state index >= 15 is 0 Å². The standard InChI is InChI=1S/C12H20O/c1-4-7-11(13)12(8-9-12)10(5-2)6-3/h5-6,11,13H,2,4,7-9H2,1,3H3/b10-6+. The van der Waals surface area contributed by atoms with Crippen molar-refractivity contribution in [2.45, 2.75) is 45.6 Å². The number of hydrogen-bond donors (Lipinski definition) is 1. The molecule has 0 bridgehead atoms. The third-order valence-electron chi connectivity index (χ3n) is 3.09. The summed E-state index contributed by atoms with van der Waals surface area (Å²) in [5, 5.41) is 9.98. The zero-order chi connectivity index (χ0) is 9.90. The average Bonchev–Trinajstić information content (AvgIpc) is 2.89. The van der Waals surface area contributed by atoms with Gasteiger partial charge in [-0.15, -0.1) is 0 Å². The van der Waals surface area contributed by atoms with Crippen LogP contribution in [0.4, 0.5) is 0 Å². The first-order valence-electron chi connectivity index (χ1n) is 5.18. The molecule has 1 nitrogen and oxygen atoms in total. The van der Waals surface area contributed by atoms with Gasteiger partial charge in [-0.25, -0.2) is 0 Å². The number of aliphatic hydroxyl groups is 1. The number of aliphatic hydroxyl groups excluding tert-OH is 1. The SMILES string of the molecule is C=C/C(=C\C)C1(C(O)CCC)CC1. The highest BCUT2D eigenvalue weighted by Gasteiger charge is 2.49. The maximum Gasteiger partial charge on any atom is 0.0636 e. The van der Waals surface area contributed by atoms with E-state index in [0.29, 0.717) is 0 Å². The Bertz CT molecular complexity index is 211. The topological polar surface area (TPSA) is 20.2 Å². The maximum absolute atomic E-state index is 9.98. The van der Waals surface area contributed by atoms with Crippen LogP contribution in [-0.4, -0.2) is 11.2 Å². The zero-order valence-electron chi connectivity index (χ0n) is 8.71. The Morgan fingerprint density at radius 1 is 1.62 bits per heavy atom. The lowest BCUT2D eigenvalue weighted by atomic mass is 9.87. The molecule has 0 heterocycles. The molecule has 1 unspecified atom stereocenters. The van der Waals surface area contributed by atoms with Gasteiger partial charge in [0.1, 0.15) is 0 Å². The summed E-state index contributed by atoms with van der Waals surface area (Å²) in [6, 6.07) is 0. The summed E-state index contributed by atoms with van der Waals surface area (Å²) in [4.78, 5) is 0. The Morgan fingerprint density at radius 3 is 2.54 bits per heavy atom. The van der Waals surface area contributed by atoms with Crippen LogP contribution < -0.4 is 0 Å². The van der Waals surface area contributed by atoms with Gasteiger partial charge >= 0.3 is 0 Å². The van der Waals surface area contributed by atoms with Crippen molar-refractivity contribution in [3.8, 4) is 0 Å². The van der Waals surface area contributed by atoms with Crippen molar-refractivity contribution in [1.29, 1.82) is 0 Å². The molecule has 0 aromatic heterocycles. The molecule has 74 valence electrons. The Morgan fingerprint density at radius 2 is 2.23 bits per heavy atom. The Labute approximate surface area is 81.2 Å². The molecule has 0 spiro atoms. The summed E-state index contributed by atoms with van der Waals surface area (Å²) in [6.45, 7) is 7.94. The van der Waals surface area contributed by atoms with Gasteiger partial charge in [0, 0.05) is 5.41 Å². The van der Waals surface area contributed by atoms with Gasteiger partial charge in [-0.3, -0.25) is 0 Å². The van der Waals surface area contributed by atoms with Crippen molar-refractivity contribution in [1.82, 2.24) is 0 Å². The predicted octanol–water partition coefficient (Wildman–Crippen LogP) is 3.06. The van der Waals surface area contributed by atoms with Gasteiger partial charge in [-0.2, -0.15) is 0 Å². The van der Waals surface area contributed by atoms with Gasteiger partial charge in [-0.05, 0) is 31.8 Å². The summed E-state index contributed by atoms with van der Waals surface area (Å²) in [7, 11) is 0. The van der Waals surface area contributed by atoms with Crippen molar-refractivity contribution in [2.75, 3.05) is 0 Å². The van der Waals surface area contributed by atoms with Crippen LogP contribution in [0.25, 0.3) is 0 Å². The molecule has 1 rings (SSSR count). The van der Waals surface area contributed by atoms with Gasteiger partial charge in [0.05, 0.1) is 6.10 Å². The first-order chi connectivity index (χ1) is 6.21. The summed E-state index contributed by atoms with van der Waals surface area (Å²) in [6.07, 6.45) is 8.02. The smallest absolute Gasteiger partial charge is 0.0636 e. The van der Waals surface area contributed by atoms with E-state index in [1.807, 2.05) is 13.0 Å². The lowest BCUT2D eigenvalue weighted by Crippen LogP contribution is -2.23. The van der Waals surface area contributed by atoms with E-state index in [-0.39, 0.29) is 11.5 Å². The highest BCUT2D eigenvalue weighted by Crippen LogP contribution is 2.55. The van der Waals surface area contributed by atoms with E-state index in [4.69, 9.17) is 0 Å². The Balaban J connectivity index is 2.70. The summed E-state index contributed by atoms with van der Waals surface area (Å²) in [5.41, 5.74) is 1.31. The summed E-state index contributed by atoms with van der Waals surface area (Å²) < 4.78 is 0. The molecule has 1 saturated carbocycles. The molecule has 1 aliphatic rings. The van der Waals surface area contributed by atoms with E-state index in [0.717, 1.165) is 25.7 Å². The van der Waals surface area contributed by atoms with Crippen molar-refractivity contribution < 1.29 is 5.11 Å². The average molecular weight is 180 g/mol. The molecule has 1 aliphatic carbocycles. The molecule has 1 atom stereocenters. The van der Waals surface area contributed by atoms with Crippen LogP contribution in [0.1, 0.15) is 39.5 Å². The fourth-order valence-electron chi connectivity index (χ4n) is 2.11. The Kier molecular flexibility index (Phi) is 3.32. The quantitative estimate of drug-likeness (QED) is 0.645. The number of hydrogen-bond acceptors (Lipinski definition) is 1. The van der Waals surface area contributed by atoms with Crippen molar-refractivity contribution >= 4 is 0 Å². The fraction of sp³-hybridized carbons (Fsp3) is 0.667. The van der Waals surface area contributed by atoms with Crippen molar-refractivity contribution in [2.24, 2.45) is 5.41 Å². The van der Waals surface area contributed by atoms with Crippen LogP contribution in [0, 0.1) is 5.41 Å². The van der Waals surface area contributed by atoms with Crippen molar-refractivity contribution in [3.05, 3.63) is 24.3 Å². The minimum absolute atomic E-state index is 0.0759. The molecule has 0 aliphatic heterocycles. The minimum Gasteiger partial charge on any atom is -0.392 e. The monoisotopic (exact) mass is 180 g/mol. The second kappa shape index (κ2) is 4.10. The molecule has 1 heteroatoms. The van der Waals surface area contributed by atoms with E-state index in [9.17, 15) is 5.11 Å². The first kappa shape index (κ1) is 10.5. The van der Waals surface area contributed by atoms with Gasteiger partial charge in [0.25, 0.3) is 0 Å². The Hall–Kier alpha value is -0.560. The summed E-state index contributed by atoms with van der Waals surface area (Å²) in [5.74, 6) is 0. The molecule has 1 fully saturated rings. The summed E-state index contributed by atoms with van der Waals surface area (Å²) >= 11 is 0. The molecule has 0 aromatic carbocycles. The molecule has 1 N–H and O–H groups in total. The van der Waals surface area contributed by atoms with E-state index < -0.39 is 0 Å². The van der Waals surface area contributed by atoms with Crippen LogP contribution in [0.15, 0.2) is 24.3 Å². The van der Waals surface area contributed by atoms with E-state index in [1.54, 1.807) is 0 Å². The second-order valence-electron chi connectivity index (χ2n) is 3.91. The maximum atomic E-state index is 9.98. The molecular weight excluding hydrogens is 160 g/mol. The number of allylic oxidation sites excluding steroid dienone is 2. The molecule has 0 saturated heterocycles. The molecule has 0 radical (unpaired) electrons. The predicted molar refractivity (Wildman–Crippen MR) is 56.5 cm³/mol. The van der Waals surface area contributed by atoms with Gasteiger partial charge in [-0.1, -0.05) is 32.1 Å². The van der Waals surface area contributed by atoms with Crippen LogP contribution in [0.2, 0.25) is 0 Å². The highest BCUT2D eigenvalue weighted by molar-refractivity contribution is 5.32. The number of rotatable bonds is 5. The van der Waals surface area contributed by atoms with E-state index in [2.05, 4.69) is 19.6 Å². The molecule has 0 aromatic rings. The second-order valence-corrected chi connectivity index (χ2v) is 3.91. The molecule has 13 heavy (non-hydrogen) atoms. The van der Waals surface area contributed by atoms with E-state index in [1.165, 1.54) is 5.57 Å². The van der Waals surface area contributed by atoms with Crippen LogP contribution >= 0.6 is 0 Å². The first-order valence-corrected chi connectivity index (χ1v) is 5.18. The van der Waals surface area contributed by atoms with Crippen LogP contribution in [0.5, 0.6) is 0 Å². The fourth-order valence-corrected chi connectivity index (χ4v) is 2.11. The zero-order valence-corrected chi connectivity index (χ0v) is 8.71. The van der Waals surface area contributed by atoms with Crippen LogP contribution in [-0.2, 0) is 0 Å². The minimum atomic E-state index is -0.165. The third-order valence-corrected chi connectivity index (χ3v) is 3.09. The lowest BCUT2D eigenvalue weighted by Gasteiger charge is -2.23. The normalized spacial score (nSPS) is 22.5. The van der Waals surface area contributed by atoms with Gasteiger partial charge in [0.15, 0.2) is 0 Å². The van der Waals surface area contributed by atoms with Crippen molar-refractivity contribution in [3.63, 3.8) is 0 Å². The molecular formula is C12H20O. The van der Waals surface area contributed by atoms with Gasteiger partial charge in [0.2, 0.25) is 0 Å². The molecule has 0 amide bonds. The third kappa shape index (κ3) is 1.86. The van der Waals surface area contributed by atoms with Crippen LogP contribution in [0.3, 0.4) is 0 Å².